The van der Waals surface area contributed by atoms with Crippen LogP contribution in [0.1, 0.15) is 98.6 Å². The van der Waals surface area contributed by atoms with Crippen LogP contribution >= 0.6 is 10.7 Å². The minimum Gasteiger partial charge on any atom is -0.381 e. The van der Waals surface area contributed by atoms with Crippen molar-refractivity contribution in [1.29, 1.82) is 0 Å². The molecule has 14 heteroatoms. The molecule has 2 aromatic carbocycles. The van der Waals surface area contributed by atoms with Crippen LogP contribution in [-0.4, -0.2) is 79.8 Å². The van der Waals surface area contributed by atoms with Crippen LogP contribution in [0.25, 0.3) is 22.1 Å². The number of piperidine rings is 1. The lowest BCUT2D eigenvalue weighted by atomic mass is 9.94. The molecule has 3 aliphatic rings. The van der Waals surface area contributed by atoms with E-state index in [1.165, 1.54) is 0 Å². The third-order valence-corrected chi connectivity index (χ3v) is 14.1. The number of hydrogen-bond donors (Lipinski definition) is 0. The van der Waals surface area contributed by atoms with Crippen LogP contribution in [0.15, 0.2) is 46.2 Å². The number of rotatable bonds is 7. The first-order chi connectivity index (χ1) is 25.3. The molecule has 298 valence electrons. The first-order valence-corrected chi connectivity index (χ1v) is 23.2. The highest BCUT2D eigenvalue weighted by Gasteiger charge is 2.31. The highest BCUT2D eigenvalue weighted by atomic mass is 35.7. The molecular formula is C40H58ClN5O6S2. The van der Waals surface area contributed by atoms with E-state index in [0.717, 1.165) is 106 Å². The van der Waals surface area contributed by atoms with Crippen molar-refractivity contribution in [3.8, 4) is 0 Å². The third kappa shape index (κ3) is 9.35. The SMILES string of the molecule is CC(C)(C)c1nc2cc(S(=O)(=O)Cl)ccc2n1CC1CCOCC1.CC1CCCN(S(=O)(=O)c2ccc3c(c2)nc(C(C)(C)C)n3CC2CCOCC2)C1. The van der Waals surface area contributed by atoms with Gasteiger partial charge in [0.25, 0.3) is 9.05 Å². The molecule has 2 aromatic heterocycles. The predicted octanol–water partition coefficient (Wildman–Crippen LogP) is 7.87. The van der Waals surface area contributed by atoms with E-state index in [9.17, 15) is 16.8 Å². The molecule has 11 nitrogen and oxygen atoms in total. The molecule has 0 bridgehead atoms. The minimum absolute atomic E-state index is 0.0906. The number of nitrogens with zero attached hydrogens (tertiary/aromatic N) is 5. The van der Waals surface area contributed by atoms with E-state index >= 15 is 0 Å². The summed E-state index contributed by atoms with van der Waals surface area (Å²) >= 11 is 0. The van der Waals surface area contributed by atoms with Gasteiger partial charge in [-0.05, 0) is 92.7 Å². The molecule has 1 unspecified atom stereocenters. The smallest absolute Gasteiger partial charge is 0.261 e. The fourth-order valence-corrected chi connectivity index (χ4v) is 10.3. The van der Waals surface area contributed by atoms with E-state index in [4.69, 9.17) is 30.1 Å². The van der Waals surface area contributed by atoms with Gasteiger partial charge < -0.3 is 18.6 Å². The van der Waals surface area contributed by atoms with Gasteiger partial charge in [0.2, 0.25) is 10.0 Å². The number of fused-ring (bicyclic) bond motifs is 2. The molecule has 0 radical (unpaired) electrons. The van der Waals surface area contributed by atoms with Crippen LogP contribution in [0, 0.1) is 17.8 Å². The monoisotopic (exact) mass is 803 g/mol. The van der Waals surface area contributed by atoms with Crippen LogP contribution in [0.5, 0.6) is 0 Å². The Hall–Kier alpha value is -2.55. The average Bonchev–Trinajstić information content (AvgIpc) is 3.67. The number of ether oxygens (including phenoxy) is 2. The average molecular weight is 805 g/mol. The van der Waals surface area contributed by atoms with E-state index in [0.29, 0.717) is 41.3 Å². The van der Waals surface area contributed by atoms with E-state index in [1.807, 2.05) is 12.1 Å². The lowest BCUT2D eigenvalue weighted by Crippen LogP contribution is -2.39. The van der Waals surface area contributed by atoms with Crippen molar-refractivity contribution in [3.05, 3.63) is 48.0 Å². The number of imidazole rings is 2. The van der Waals surface area contributed by atoms with Gasteiger partial charge in [-0.3, -0.25) is 0 Å². The van der Waals surface area contributed by atoms with Gasteiger partial charge in [-0.25, -0.2) is 26.8 Å². The molecule has 3 saturated heterocycles. The van der Waals surface area contributed by atoms with E-state index in [2.05, 4.69) is 57.6 Å². The Labute approximate surface area is 326 Å². The Bertz CT molecular complexity index is 2160. The molecule has 0 amide bonds. The maximum absolute atomic E-state index is 13.3. The summed E-state index contributed by atoms with van der Waals surface area (Å²) in [5, 5.41) is 0. The number of halogens is 1. The fourth-order valence-electron chi connectivity index (χ4n) is 7.93. The Balaban J connectivity index is 0.000000189. The summed E-state index contributed by atoms with van der Waals surface area (Å²) in [7, 11) is -1.76. The molecule has 0 saturated carbocycles. The topological polar surface area (TPSA) is 126 Å². The summed E-state index contributed by atoms with van der Waals surface area (Å²) in [5.74, 6) is 3.51. The number of sulfonamides is 1. The van der Waals surface area contributed by atoms with E-state index in [-0.39, 0.29) is 15.7 Å². The second-order valence-electron chi connectivity index (χ2n) is 17.6. The molecular weight excluding hydrogens is 746 g/mol. The summed E-state index contributed by atoms with van der Waals surface area (Å²) in [6, 6.07) is 10.4. The van der Waals surface area contributed by atoms with Crippen molar-refractivity contribution in [1.82, 2.24) is 23.4 Å². The van der Waals surface area contributed by atoms with Crippen molar-refractivity contribution >= 4 is 51.8 Å². The van der Waals surface area contributed by atoms with Crippen molar-refractivity contribution in [2.75, 3.05) is 39.5 Å². The fraction of sp³-hybridized carbons (Fsp3) is 0.650. The molecule has 1 atom stereocenters. The Morgan fingerprint density at radius 3 is 1.57 bits per heavy atom. The molecule has 4 aromatic rings. The first-order valence-electron chi connectivity index (χ1n) is 19.4. The van der Waals surface area contributed by atoms with Crippen LogP contribution in [0.3, 0.4) is 0 Å². The summed E-state index contributed by atoms with van der Waals surface area (Å²) in [6.07, 6.45) is 6.22. The van der Waals surface area contributed by atoms with Crippen LogP contribution in [-0.2, 0) is 52.5 Å². The summed E-state index contributed by atoms with van der Waals surface area (Å²) in [4.78, 5) is 10.1. The molecule has 54 heavy (non-hydrogen) atoms. The van der Waals surface area contributed by atoms with Crippen LogP contribution < -0.4 is 0 Å². The Kier molecular flexibility index (Phi) is 12.3. The Morgan fingerprint density at radius 2 is 1.15 bits per heavy atom. The maximum atomic E-state index is 13.3. The van der Waals surface area contributed by atoms with Crippen LogP contribution in [0.2, 0.25) is 0 Å². The standard InChI is InChI=1S/C23H35N3O3S.C17H23ClN2O3S/c1-17-6-5-11-25(15-17)30(27,28)19-7-8-21-20(14-19)24-22(23(2,3)4)26(21)16-18-9-12-29-13-10-18;1-17(2,3)16-19-14-10-13(24(18,21)22)4-5-15(14)20(16)11-12-6-8-23-9-7-12/h7-8,14,17-18H,5-6,9-13,15-16H2,1-4H3;4-5,10,12H,6-9,11H2,1-3H3. The number of aromatic nitrogens is 4. The van der Waals surface area contributed by atoms with E-state index < -0.39 is 19.1 Å². The van der Waals surface area contributed by atoms with Gasteiger partial charge in [-0.15, -0.1) is 0 Å². The summed E-state index contributed by atoms with van der Waals surface area (Å²) in [5.41, 5.74) is 3.18. The first kappa shape index (κ1) is 41.1. The van der Waals surface area contributed by atoms with Gasteiger partial charge in [-0.1, -0.05) is 48.5 Å². The van der Waals surface area contributed by atoms with Crippen molar-refractivity contribution in [2.45, 2.75) is 121 Å². The van der Waals surface area contributed by atoms with Gasteiger partial charge in [0.05, 0.1) is 31.9 Å². The zero-order chi connectivity index (χ0) is 39.1. The van der Waals surface area contributed by atoms with Crippen molar-refractivity contribution in [3.63, 3.8) is 0 Å². The second kappa shape index (κ2) is 16.1. The maximum Gasteiger partial charge on any atom is 0.261 e. The van der Waals surface area contributed by atoms with Gasteiger partial charge in [-0.2, -0.15) is 4.31 Å². The number of hydrogen-bond acceptors (Lipinski definition) is 8. The van der Waals surface area contributed by atoms with Crippen molar-refractivity contribution in [2.24, 2.45) is 17.8 Å². The predicted molar refractivity (Wildman–Crippen MR) is 214 cm³/mol. The molecule has 3 aliphatic heterocycles. The van der Waals surface area contributed by atoms with Crippen LogP contribution in [0.4, 0.5) is 0 Å². The normalized spacial score (nSPS) is 20.3. The molecule has 0 aliphatic carbocycles. The molecule has 0 spiro atoms. The molecule has 3 fully saturated rings. The van der Waals surface area contributed by atoms with Gasteiger partial charge >= 0.3 is 0 Å². The minimum atomic E-state index is -3.75. The lowest BCUT2D eigenvalue weighted by Gasteiger charge is -2.30. The highest BCUT2D eigenvalue weighted by molar-refractivity contribution is 8.13. The summed E-state index contributed by atoms with van der Waals surface area (Å²) in [6.45, 7) is 21.2. The van der Waals surface area contributed by atoms with Gasteiger partial charge in [0.1, 0.15) is 11.6 Å². The molecule has 5 heterocycles. The largest absolute Gasteiger partial charge is 0.381 e. The number of benzene rings is 2. The molecule has 0 N–H and O–H groups in total. The summed E-state index contributed by atoms with van der Waals surface area (Å²) < 4.78 is 66.9. The Morgan fingerprint density at radius 1 is 0.704 bits per heavy atom. The lowest BCUT2D eigenvalue weighted by molar-refractivity contribution is 0.0610. The second-order valence-corrected chi connectivity index (χ2v) is 22.1. The zero-order valence-electron chi connectivity index (χ0n) is 33.0. The van der Waals surface area contributed by atoms with Gasteiger partial charge in [0.15, 0.2) is 0 Å². The van der Waals surface area contributed by atoms with Gasteiger partial charge in [0, 0.05) is 74.1 Å². The quantitative estimate of drug-likeness (QED) is 0.173. The zero-order valence-corrected chi connectivity index (χ0v) is 35.4. The van der Waals surface area contributed by atoms with E-state index in [1.54, 1.807) is 28.6 Å². The highest BCUT2D eigenvalue weighted by Crippen LogP contribution is 2.33. The third-order valence-electron chi connectivity index (χ3n) is 10.9. The molecule has 7 rings (SSSR count). The van der Waals surface area contributed by atoms with Crippen molar-refractivity contribution < 1.29 is 26.3 Å².